The van der Waals surface area contributed by atoms with Crippen LogP contribution < -0.4 is 4.90 Å². The number of hydrogen-bond donors (Lipinski definition) is 1. The summed E-state index contributed by atoms with van der Waals surface area (Å²) in [7, 11) is 0. The van der Waals surface area contributed by atoms with E-state index in [4.69, 9.17) is 11.6 Å². The molecule has 1 saturated heterocycles. The number of fused-ring (bicyclic) bond motifs is 1. The standard InChI is InChI=1S/C18H20ClN5/c1-13(14-4-2-3-5-16(14)19)23-8-10-24(11-9-23)18-15-6-7-20-17(15)21-12-22-18/h2-7,12-13H,8-11H2,1H3,(H,20,21,22)/t13-/m0/s1. The molecule has 1 aliphatic heterocycles. The summed E-state index contributed by atoms with van der Waals surface area (Å²) in [5.41, 5.74) is 2.09. The highest BCUT2D eigenvalue weighted by Gasteiger charge is 2.24. The van der Waals surface area contributed by atoms with Crippen molar-refractivity contribution in [1.82, 2.24) is 19.9 Å². The number of anilines is 1. The summed E-state index contributed by atoms with van der Waals surface area (Å²) >= 11 is 6.36. The molecule has 0 spiro atoms. The van der Waals surface area contributed by atoms with E-state index >= 15 is 0 Å². The van der Waals surface area contributed by atoms with Crippen molar-refractivity contribution in [2.24, 2.45) is 0 Å². The van der Waals surface area contributed by atoms with E-state index < -0.39 is 0 Å². The van der Waals surface area contributed by atoms with Crippen LogP contribution in [0.5, 0.6) is 0 Å². The Labute approximate surface area is 146 Å². The lowest BCUT2D eigenvalue weighted by molar-refractivity contribution is 0.198. The molecule has 0 unspecified atom stereocenters. The maximum atomic E-state index is 6.36. The Balaban J connectivity index is 1.49. The van der Waals surface area contributed by atoms with E-state index in [1.807, 2.05) is 24.4 Å². The number of hydrogen-bond acceptors (Lipinski definition) is 4. The van der Waals surface area contributed by atoms with Crippen LogP contribution in [0.3, 0.4) is 0 Å². The van der Waals surface area contributed by atoms with Gasteiger partial charge >= 0.3 is 0 Å². The largest absolute Gasteiger partial charge is 0.353 e. The first-order valence-corrected chi connectivity index (χ1v) is 8.63. The van der Waals surface area contributed by atoms with Crippen LogP contribution in [0, 0.1) is 0 Å². The van der Waals surface area contributed by atoms with E-state index in [0.717, 1.165) is 48.1 Å². The Morgan fingerprint density at radius 3 is 2.67 bits per heavy atom. The average Bonchev–Trinajstić information content (AvgIpc) is 3.10. The molecule has 124 valence electrons. The normalized spacial score (nSPS) is 17.3. The molecule has 0 bridgehead atoms. The fraction of sp³-hybridized carbons (Fsp3) is 0.333. The molecule has 1 N–H and O–H groups in total. The fourth-order valence-corrected chi connectivity index (χ4v) is 3.74. The van der Waals surface area contributed by atoms with Gasteiger partial charge in [-0.15, -0.1) is 0 Å². The zero-order valence-electron chi connectivity index (χ0n) is 13.6. The lowest BCUT2D eigenvalue weighted by Gasteiger charge is -2.39. The zero-order valence-corrected chi connectivity index (χ0v) is 14.4. The molecule has 4 rings (SSSR count). The Morgan fingerprint density at radius 1 is 1.08 bits per heavy atom. The highest BCUT2D eigenvalue weighted by atomic mass is 35.5. The summed E-state index contributed by atoms with van der Waals surface area (Å²) in [4.78, 5) is 16.7. The smallest absolute Gasteiger partial charge is 0.142 e. The van der Waals surface area contributed by atoms with Crippen molar-refractivity contribution in [2.75, 3.05) is 31.1 Å². The van der Waals surface area contributed by atoms with Crippen molar-refractivity contribution < 1.29 is 0 Å². The van der Waals surface area contributed by atoms with Crippen molar-refractivity contribution >= 4 is 28.5 Å². The van der Waals surface area contributed by atoms with E-state index in [0.29, 0.717) is 6.04 Å². The molecule has 6 heteroatoms. The molecule has 24 heavy (non-hydrogen) atoms. The minimum absolute atomic E-state index is 0.318. The number of nitrogens with one attached hydrogen (secondary N) is 1. The van der Waals surface area contributed by atoms with Gasteiger partial charge in [-0.3, -0.25) is 4.90 Å². The summed E-state index contributed by atoms with van der Waals surface area (Å²) in [5.74, 6) is 1.02. The molecule has 0 radical (unpaired) electrons. The van der Waals surface area contributed by atoms with Crippen LogP contribution in [0.1, 0.15) is 18.5 Å². The van der Waals surface area contributed by atoms with Crippen molar-refractivity contribution in [2.45, 2.75) is 13.0 Å². The molecular weight excluding hydrogens is 322 g/mol. The SMILES string of the molecule is C[C@@H](c1ccccc1Cl)N1CCN(c2ncnc3[nH]ccc23)CC1. The van der Waals surface area contributed by atoms with Crippen LogP contribution in [0.4, 0.5) is 5.82 Å². The summed E-state index contributed by atoms with van der Waals surface area (Å²) < 4.78 is 0. The first-order chi connectivity index (χ1) is 11.7. The zero-order chi connectivity index (χ0) is 16.5. The Morgan fingerprint density at radius 2 is 1.88 bits per heavy atom. The van der Waals surface area contributed by atoms with Crippen molar-refractivity contribution in [3.63, 3.8) is 0 Å². The van der Waals surface area contributed by atoms with Crippen LogP contribution in [-0.2, 0) is 0 Å². The third-order valence-corrected chi connectivity index (χ3v) is 5.19. The van der Waals surface area contributed by atoms with Crippen LogP contribution in [0.2, 0.25) is 5.02 Å². The number of benzene rings is 1. The number of aromatic amines is 1. The second-order valence-electron chi connectivity index (χ2n) is 6.16. The van der Waals surface area contributed by atoms with Gasteiger partial charge in [-0.25, -0.2) is 9.97 Å². The number of nitrogens with zero attached hydrogens (tertiary/aromatic N) is 4. The summed E-state index contributed by atoms with van der Waals surface area (Å²) in [6.45, 7) is 6.11. The number of rotatable bonds is 3. The van der Waals surface area contributed by atoms with Gasteiger partial charge in [-0.1, -0.05) is 29.8 Å². The van der Waals surface area contributed by atoms with Crippen LogP contribution in [0.25, 0.3) is 11.0 Å². The molecule has 0 saturated carbocycles. The van der Waals surface area contributed by atoms with E-state index in [1.54, 1.807) is 6.33 Å². The molecule has 0 amide bonds. The predicted molar refractivity (Wildman–Crippen MR) is 97.5 cm³/mol. The number of aromatic nitrogens is 3. The Hall–Kier alpha value is -2.11. The van der Waals surface area contributed by atoms with E-state index in [1.165, 1.54) is 5.56 Å². The number of piperazine rings is 1. The lowest BCUT2D eigenvalue weighted by Crippen LogP contribution is -2.47. The summed E-state index contributed by atoms with van der Waals surface area (Å²) in [6.07, 6.45) is 3.55. The summed E-state index contributed by atoms with van der Waals surface area (Å²) in [6, 6.07) is 10.5. The molecule has 0 aliphatic carbocycles. The molecule has 3 aromatic rings. The van der Waals surface area contributed by atoms with E-state index in [-0.39, 0.29) is 0 Å². The number of halogens is 1. The highest BCUT2D eigenvalue weighted by molar-refractivity contribution is 6.31. The first-order valence-electron chi connectivity index (χ1n) is 8.25. The molecule has 2 aromatic heterocycles. The first kappa shape index (κ1) is 15.4. The quantitative estimate of drug-likeness (QED) is 0.792. The molecule has 3 heterocycles. The lowest BCUT2D eigenvalue weighted by atomic mass is 10.1. The van der Waals surface area contributed by atoms with Gasteiger partial charge in [0.05, 0.1) is 5.39 Å². The minimum atomic E-state index is 0.318. The second-order valence-corrected chi connectivity index (χ2v) is 6.56. The van der Waals surface area contributed by atoms with Crippen molar-refractivity contribution in [3.05, 3.63) is 53.4 Å². The van der Waals surface area contributed by atoms with Gasteiger partial charge in [-0.05, 0) is 24.6 Å². The van der Waals surface area contributed by atoms with Gasteiger partial charge in [0, 0.05) is 43.4 Å². The third-order valence-electron chi connectivity index (χ3n) is 4.85. The van der Waals surface area contributed by atoms with E-state index in [2.05, 4.69) is 43.8 Å². The van der Waals surface area contributed by atoms with Gasteiger partial charge in [0.1, 0.15) is 17.8 Å². The summed E-state index contributed by atoms with van der Waals surface area (Å²) in [5, 5.41) is 1.93. The van der Waals surface area contributed by atoms with Gasteiger partial charge in [-0.2, -0.15) is 0 Å². The van der Waals surface area contributed by atoms with Crippen molar-refractivity contribution in [1.29, 1.82) is 0 Å². The van der Waals surface area contributed by atoms with Crippen LogP contribution in [-0.4, -0.2) is 46.0 Å². The Bertz CT molecular complexity index is 838. The van der Waals surface area contributed by atoms with Crippen LogP contribution >= 0.6 is 11.6 Å². The molecular formula is C18H20ClN5. The van der Waals surface area contributed by atoms with Crippen molar-refractivity contribution in [3.8, 4) is 0 Å². The van der Waals surface area contributed by atoms with E-state index in [9.17, 15) is 0 Å². The van der Waals surface area contributed by atoms with Gasteiger partial charge in [0.15, 0.2) is 0 Å². The maximum Gasteiger partial charge on any atom is 0.142 e. The minimum Gasteiger partial charge on any atom is -0.353 e. The Kier molecular flexibility index (Phi) is 4.12. The fourth-order valence-electron chi connectivity index (χ4n) is 3.44. The second kappa shape index (κ2) is 6.42. The topological polar surface area (TPSA) is 48.1 Å². The van der Waals surface area contributed by atoms with Gasteiger partial charge in [0.25, 0.3) is 0 Å². The monoisotopic (exact) mass is 341 g/mol. The highest BCUT2D eigenvalue weighted by Crippen LogP contribution is 2.29. The average molecular weight is 342 g/mol. The molecule has 5 nitrogen and oxygen atoms in total. The van der Waals surface area contributed by atoms with Gasteiger partial charge < -0.3 is 9.88 Å². The molecule has 1 aliphatic rings. The molecule has 1 fully saturated rings. The maximum absolute atomic E-state index is 6.36. The molecule has 1 aromatic carbocycles. The molecule has 1 atom stereocenters. The predicted octanol–water partition coefficient (Wildman–Crippen LogP) is 3.49. The van der Waals surface area contributed by atoms with Gasteiger partial charge in [0.2, 0.25) is 0 Å². The van der Waals surface area contributed by atoms with Crippen LogP contribution in [0.15, 0.2) is 42.9 Å². The third kappa shape index (κ3) is 2.74. The number of H-pyrrole nitrogens is 1.